The Morgan fingerprint density at radius 3 is 2.18 bits per heavy atom. The highest BCUT2D eigenvalue weighted by Crippen LogP contribution is 2.31. The van der Waals surface area contributed by atoms with Crippen LogP contribution in [0.2, 0.25) is 0 Å². The van der Waals surface area contributed by atoms with E-state index in [1.807, 2.05) is 0 Å². The van der Waals surface area contributed by atoms with Crippen LogP contribution in [0.25, 0.3) is 0 Å². The van der Waals surface area contributed by atoms with Crippen molar-refractivity contribution >= 4 is 11.9 Å². The molecule has 0 N–H and O–H groups in total. The van der Waals surface area contributed by atoms with Crippen LogP contribution in [-0.4, -0.2) is 26.2 Å². The third kappa shape index (κ3) is 3.63. The van der Waals surface area contributed by atoms with E-state index in [9.17, 15) is 9.59 Å². The van der Waals surface area contributed by atoms with Gasteiger partial charge in [0.2, 0.25) is 0 Å². The number of esters is 2. The molecule has 0 saturated carbocycles. The molecule has 0 aromatic heterocycles. The summed E-state index contributed by atoms with van der Waals surface area (Å²) < 4.78 is 9.38. The summed E-state index contributed by atoms with van der Waals surface area (Å²) in [5, 5.41) is 0. The third-order valence-corrected chi connectivity index (χ3v) is 2.49. The number of ether oxygens (including phenoxy) is 2. The molecular formula is C13H18O4. The van der Waals surface area contributed by atoms with Gasteiger partial charge in [0, 0.05) is 6.42 Å². The minimum atomic E-state index is -1.35. The van der Waals surface area contributed by atoms with Gasteiger partial charge < -0.3 is 9.47 Å². The van der Waals surface area contributed by atoms with Crippen LogP contribution < -0.4 is 0 Å². The molecule has 0 aliphatic rings. The minimum Gasteiger partial charge on any atom is -0.468 e. The van der Waals surface area contributed by atoms with E-state index in [-0.39, 0.29) is 12.8 Å². The van der Waals surface area contributed by atoms with Crippen molar-refractivity contribution in [2.75, 3.05) is 14.2 Å². The number of methoxy groups -OCH3 is 2. The average molecular weight is 238 g/mol. The third-order valence-electron chi connectivity index (χ3n) is 2.49. The lowest BCUT2D eigenvalue weighted by Gasteiger charge is -2.25. The Morgan fingerprint density at radius 2 is 1.82 bits per heavy atom. The fourth-order valence-corrected chi connectivity index (χ4v) is 1.50. The molecule has 0 fully saturated rings. The predicted octanol–water partition coefficient (Wildman–Crippen LogP) is 1.70. The van der Waals surface area contributed by atoms with Crippen LogP contribution in [0.4, 0.5) is 0 Å². The summed E-state index contributed by atoms with van der Waals surface area (Å²) in [7, 11) is 2.49. The number of carbonyl (C=O) groups excluding carboxylic acids is 2. The standard InChI is InChI=1S/C13H18O4/c1-5-7-9-13(10-8-6-2,11(14)16-3)12(15)17-4/h5H,1,7,9-10H2,2-4H3. The molecule has 0 radical (unpaired) electrons. The first kappa shape index (κ1) is 15.2. The monoisotopic (exact) mass is 238 g/mol. The number of allylic oxidation sites excluding steroid dienone is 1. The summed E-state index contributed by atoms with van der Waals surface area (Å²) in [6.45, 7) is 5.22. The number of rotatable bonds is 6. The molecule has 0 aromatic carbocycles. The van der Waals surface area contributed by atoms with E-state index < -0.39 is 17.4 Å². The summed E-state index contributed by atoms with van der Waals surface area (Å²) in [6, 6.07) is 0. The van der Waals surface area contributed by atoms with Crippen LogP contribution >= 0.6 is 0 Å². The summed E-state index contributed by atoms with van der Waals surface area (Å²) in [6.07, 6.45) is 2.52. The largest absolute Gasteiger partial charge is 0.468 e. The van der Waals surface area contributed by atoms with Crippen molar-refractivity contribution in [3.63, 3.8) is 0 Å². The minimum absolute atomic E-state index is 0.0939. The van der Waals surface area contributed by atoms with Gasteiger partial charge in [-0.1, -0.05) is 6.08 Å². The van der Waals surface area contributed by atoms with Gasteiger partial charge in [-0.3, -0.25) is 9.59 Å². The first-order chi connectivity index (χ1) is 8.08. The van der Waals surface area contributed by atoms with E-state index in [1.54, 1.807) is 13.0 Å². The van der Waals surface area contributed by atoms with Crippen molar-refractivity contribution in [1.82, 2.24) is 0 Å². The molecule has 0 aliphatic heterocycles. The van der Waals surface area contributed by atoms with Crippen molar-refractivity contribution in [1.29, 1.82) is 0 Å². The van der Waals surface area contributed by atoms with Gasteiger partial charge in [-0.2, -0.15) is 0 Å². The zero-order valence-electron chi connectivity index (χ0n) is 10.5. The lowest BCUT2D eigenvalue weighted by molar-refractivity contribution is -0.169. The van der Waals surface area contributed by atoms with Crippen LogP contribution in [0.5, 0.6) is 0 Å². The molecule has 0 rings (SSSR count). The smallest absolute Gasteiger partial charge is 0.324 e. The van der Waals surface area contributed by atoms with Gasteiger partial charge in [-0.15, -0.1) is 18.4 Å². The van der Waals surface area contributed by atoms with Crippen LogP contribution in [0.1, 0.15) is 26.2 Å². The highest BCUT2D eigenvalue weighted by atomic mass is 16.5. The van der Waals surface area contributed by atoms with Gasteiger partial charge >= 0.3 is 11.9 Å². The van der Waals surface area contributed by atoms with Crippen molar-refractivity contribution < 1.29 is 19.1 Å². The van der Waals surface area contributed by atoms with Crippen LogP contribution in [0.3, 0.4) is 0 Å². The van der Waals surface area contributed by atoms with Gasteiger partial charge in [-0.05, 0) is 19.8 Å². The zero-order chi connectivity index (χ0) is 13.3. The number of hydrogen-bond acceptors (Lipinski definition) is 4. The van der Waals surface area contributed by atoms with Gasteiger partial charge in [-0.25, -0.2) is 0 Å². The van der Waals surface area contributed by atoms with E-state index in [0.717, 1.165) is 0 Å². The van der Waals surface area contributed by atoms with Crippen molar-refractivity contribution in [2.24, 2.45) is 5.41 Å². The number of hydrogen-bond donors (Lipinski definition) is 0. The quantitative estimate of drug-likeness (QED) is 0.306. The van der Waals surface area contributed by atoms with Crippen molar-refractivity contribution in [3.8, 4) is 11.8 Å². The lowest BCUT2D eigenvalue weighted by atomic mass is 9.80. The molecule has 94 valence electrons. The van der Waals surface area contributed by atoms with Crippen LogP contribution in [-0.2, 0) is 19.1 Å². The molecule has 0 atom stereocenters. The Hall–Kier alpha value is -1.76. The second-order valence-electron chi connectivity index (χ2n) is 3.50. The molecule has 0 spiro atoms. The summed E-state index contributed by atoms with van der Waals surface area (Å²) in [4.78, 5) is 23.6. The predicted molar refractivity (Wildman–Crippen MR) is 64.0 cm³/mol. The maximum absolute atomic E-state index is 11.8. The topological polar surface area (TPSA) is 52.6 Å². The molecule has 4 heteroatoms. The molecule has 0 aliphatic carbocycles. The summed E-state index contributed by atoms with van der Waals surface area (Å²) in [5.74, 6) is 4.18. The fourth-order valence-electron chi connectivity index (χ4n) is 1.50. The normalized spacial score (nSPS) is 9.82. The maximum atomic E-state index is 11.8. The molecule has 0 aromatic rings. The second kappa shape index (κ2) is 7.50. The fraction of sp³-hybridized carbons (Fsp3) is 0.538. The van der Waals surface area contributed by atoms with Gasteiger partial charge in [0.15, 0.2) is 5.41 Å². The first-order valence-electron chi connectivity index (χ1n) is 5.26. The van der Waals surface area contributed by atoms with Gasteiger partial charge in [0.05, 0.1) is 14.2 Å². The van der Waals surface area contributed by atoms with E-state index in [4.69, 9.17) is 9.47 Å². The molecule has 0 saturated heterocycles. The summed E-state index contributed by atoms with van der Waals surface area (Å²) >= 11 is 0. The molecule has 0 heterocycles. The Morgan fingerprint density at radius 1 is 1.29 bits per heavy atom. The van der Waals surface area contributed by atoms with E-state index >= 15 is 0 Å². The SMILES string of the molecule is C=CCCC(CC#CC)(C(=O)OC)C(=O)OC. The molecule has 0 bridgehead atoms. The molecule has 4 nitrogen and oxygen atoms in total. The Bertz CT molecular complexity index is 330. The molecule has 0 amide bonds. The second-order valence-corrected chi connectivity index (χ2v) is 3.50. The maximum Gasteiger partial charge on any atom is 0.324 e. The Labute approximate surface area is 102 Å². The average Bonchev–Trinajstić information content (AvgIpc) is 2.37. The highest BCUT2D eigenvalue weighted by molar-refractivity contribution is 6.00. The molecular weight excluding hydrogens is 220 g/mol. The zero-order valence-corrected chi connectivity index (χ0v) is 10.5. The Balaban J connectivity index is 5.30. The van der Waals surface area contributed by atoms with E-state index in [0.29, 0.717) is 6.42 Å². The number of carbonyl (C=O) groups is 2. The first-order valence-corrected chi connectivity index (χ1v) is 5.26. The summed E-state index contributed by atoms with van der Waals surface area (Å²) in [5.41, 5.74) is -1.35. The lowest BCUT2D eigenvalue weighted by Crippen LogP contribution is -2.41. The van der Waals surface area contributed by atoms with Crippen molar-refractivity contribution in [3.05, 3.63) is 12.7 Å². The highest BCUT2D eigenvalue weighted by Gasteiger charge is 2.47. The van der Waals surface area contributed by atoms with Crippen molar-refractivity contribution in [2.45, 2.75) is 26.2 Å². The molecule has 17 heavy (non-hydrogen) atoms. The van der Waals surface area contributed by atoms with Gasteiger partial charge in [0.25, 0.3) is 0 Å². The molecule has 0 unspecified atom stereocenters. The van der Waals surface area contributed by atoms with E-state index in [2.05, 4.69) is 18.4 Å². The van der Waals surface area contributed by atoms with Gasteiger partial charge in [0.1, 0.15) is 0 Å². The Kier molecular flexibility index (Phi) is 6.73. The van der Waals surface area contributed by atoms with Crippen LogP contribution in [0, 0.1) is 17.3 Å². The van der Waals surface area contributed by atoms with Crippen LogP contribution in [0.15, 0.2) is 12.7 Å². The van der Waals surface area contributed by atoms with E-state index in [1.165, 1.54) is 14.2 Å².